The molecule has 0 bridgehead atoms. The molecular formula is C51H33N3. The van der Waals surface area contributed by atoms with Crippen LogP contribution >= 0.6 is 0 Å². The number of fused-ring (bicyclic) bond motifs is 6. The van der Waals surface area contributed by atoms with Gasteiger partial charge in [-0.25, -0.2) is 15.0 Å². The van der Waals surface area contributed by atoms with Crippen molar-refractivity contribution in [3.63, 3.8) is 0 Å². The van der Waals surface area contributed by atoms with Crippen molar-refractivity contribution in [3.05, 3.63) is 200 Å². The van der Waals surface area contributed by atoms with Crippen LogP contribution in [0.15, 0.2) is 200 Å². The van der Waals surface area contributed by atoms with E-state index in [1.165, 1.54) is 0 Å². The van der Waals surface area contributed by atoms with Crippen molar-refractivity contribution in [3.8, 4) is 67.5 Å². The Labute approximate surface area is 329 Å². The molecule has 0 amide bonds. The first kappa shape index (κ1) is 22.0. The molecular weight excluding hydrogens is 655 g/mol. The number of hydrogen-bond acceptors (Lipinski definition) is 3. The second-order valence-electron chi connectivity index (χ2n) is 12.8. The summed E-state index contributed by atoms with van der Waals surface area (Å²) in [5.74, 6) is 1.50. The maximum Gasteiger partial charge on any atom is 0.164 e. The number of aromatic nitrogens is 3. The van der Waals surface area contributed by atoms with E-state index in [1.54, 1.807) is 12.1 Å². The van der Waals surface area contributed by atoms with E-state index in [4.69, 9.17) is 25.9 Å². The molecule has 54 heavy (non-hydrogen) atoms. The number of benzene rings is 9. The van der Waals surface area contributed by atoms with E-state index < -0.39 is 54.4 Å². The van der Waals surface area contributed by atoms with Crippen LogP contribution in [0, 0.1) is 0 Å². The maximum atomic E-state index is 9.57. The largest absolute Gasteiger partial charge is 0.208 e. The van der Waals surface area contributed by atoms with Crippen LogP contribution in [0.3, 0.4) is 0 Å². The summed E-state index contributed by atoms with van der Waals surface area (Å²) in [5.41, 5.74) is 6.53. The van der Waals surface area contributed by atoms with Gasteiger partial charge in [-0.15, -0.1) is 0 Å². The van der Waals surface area contributed by atoms with Crippen LogP contribution in [-0.4, -0.2) is 15.0 Å². The summed E-state index contributed by atoms with van der Waals surface area (Å²) in [5, 5.41) is -0.969. The van der Waals surface area contributed by atoms with Crippen molar-refractivity contribution in [2.45, 2.75) is 0 Å². The van der Waals surface area contributed by atoms with E-state index >= 15 is 0 Å². The lowest BCUT2D eigenvalue weighted by molar-refractivity contribution is 1.07. The van der Waals surface area contributed by atoms with Gasteiger partial charge in [0.15, 0.2) is 17.5 Å². The molecule has 1 aromatic heterocycles. The number of hydrogen-bond donors (Lipinski definition) is 0. The monoisotopic (exact) mass is 698 g/mol. The molecule has 0 aliphatic rings. The van der Waals surface area contributed by atoms with Crippen molar-refractivity contribution < 1.29 is 15.1 Å². The van der Waals surface area contributed by atoms with Gasteiger partial charge in [0.2, 0.25) is 0 Å². The minimum Gasteiger partial charge on any atom is -0.208 e. The average Bonchev–Trinajstić information content (AvgIpc) is 3.35. The zero-order valence-electron chi connectivity index (χ0n) is 39.5. The van der Waals surface area contributed by atoms with Gasteiger partial charge in [0.1, 0.15) is 0 Å². The topological polar surface area (TPSA) is 38.7 Å². The van der Waals surface area contributed by atoms with E-state index in [0.717, 1.165) is 38.9 Å². The van der Waals surface area contributed by atoms with Crippen LogP contribution in [0.25, 0.3) is 99.9 Å². The molecule has 3 nitrogen and oxygen atoms in total. The molecule has 1 heterocycles. The number of rotatable bonds is 6. The Kier molecular flexibility index (Phi) is 5.45. The van der Waals surface area contributed by atoms with Crippen molar-refractivity contribution in [1.29, 1.82) is 0 Å². The molecule has 0 radical (unpaired) electrons. The highest BCUT2D eigenvalue weighted by Crippen LogP contribution is 2.38. The molecule has 0 aliphatic heterocycles. The lowest BCUT2D eigenvalue weighted by atomic mass is 9.92. The maximum absolute atomic E-state index is 9.57. The van der Waals surface area contributed by atoms with Gasteiger partial charge in [-0.05, 0) is 83.9 Å². The van der Waals surface area contributed by atoms with Gasteiger partial charge < -0.3 is 0 Å². The fraction of sp³-hybridized carbons (Fsp3) is 0. The second kappa shape index (κ2) is 13.4. The molecule has 0 spiro atoms. The normalized spacial score (nSPS) is 14.2. The highest BCUT2D eigenvalue weighted by Gasteiger charge is 2.14. The Morgan fingerprint density at radius 3 is 1.17 bits per heavy atom. The van der Waals surface area contributed by atoms with Gasteiger partial charge in [-0.3, -0.25) is 0 Å². The summed E-state index contributed by atoms with van der Waals surface area (Å²) < 4.78 is 97.4. The quantitative estimate of drug-likeness (QED) is 0.162. The smallest absolute Gasteiger partial charge is 0.164 e. The molecule has 10 aromatic rings. The predicted molar refractivity (Wildman–Crippen MR) is 225 cm³/mol. The summed E-state index contributed by atoms with van der Waals surface area (Å²) in [4.78, 5) is 14.8. The molecule has 0 aliphatic carbocycles. The molecule has 252 valence electrons. The van der Waals surface area contributed by atoms with Crippen LogP contribution in [0.4, 0.5) is 0 Å². The van der Waals surface area contributed by atoms with Crippen molar-refractivity contribution in [1.82, 2.24) is 15.0 Å². The first-order chi connectivity index (χ1) is 31.3. The Morgan fingerprint density at radius 1 is 0.278 bits per heavy atom. The fourth-order valence-corrected chi connectivity index (χ4v) is 6.79. The predicted octanol–water partition coefficient (Wildman–Crippen LogP) is 13.3. The molecule has 9 aromatic carbocycles. The van der Waals surface area contributed by atoms with E-state index in [9.17, 15) is 4.11 Å². The third kappa shape index (κ3) is 5.78. The van der Waals surface area contributed by atoms with Crippen LogP contribution in [0.2, 0.25) is 0 Å². The van der Waals surface area contributed by atoms with E-state index in [2.05, 4.69) is 24.3 Å². The van der Waals surface area contributed by atoms with Gasteiger partial charge in [-0.1, -0.05) is 182 Å². The average molecular weight is 699 g/mol. The minimum absolute atomic E-state index is 0.0270. The van der Waals surface area contributed by atoms with Crippen LogP contribution in [-0.2, 0) is 0 Å². The summed E-state index contributed by atoms with van der Waals surface area (Å²) in [6.45, 7) is 0. The van der Waals surface area contributed by atoms with Crippen LogP contribution in [0.1, 0.15) is 15.1 Å². The van der Waals surface area contributed by atoms with Crippen LogP contribution < -0.4 is 0 Å². The molecule has 0 atom stereocenters. The van der Waals surface area contributed by atoms with Crippen molar-refractivity contribution >= 4 is 32.3 Å². The minimum atomic E-state index is -0.610. The van der Waals surface area contributed by atoms with Gasteiger partial charge in [0.25, 0.3) is 0 Å². The molecule has 0 unspecified atom stereocenters. The molecule has 0 saturated heterocycles. The highest BCUT2D eigenvalue weighted by molar-refractivity contribution is 6.25. The van der Waals surface area contributed by atoms with Gasteiger partial charge in [-0.2, -0.15) is 0 Å². The first-order valence-electron chi connectivity index (χ1n) is 22.9. The Balaban J connectivity index is 1.10. The second-order valence-corrected chi connectivity index (χ2v) is 12.8. The van der Waals surface area contributed by atoms with Gasteiger partial charge in [0, 0.05) is 16.7 Å². The summed E-state index contributed by atoms with van der Waals surface area (Å²) >= 11 is 0. The third-order valence-corrected chi connectivity index (χ3v) is 9.46. The SMILES string of the molecule is [2H]c1c([2H])c([2H])c2c(c1[2H])c1c([2H])c([2H])c([2H])c([2H])c1c1c([2H])c(-c3ccc(-c4cccc(-c5nc(-c6ccccc6)nc(-c6cccc(-c7ccccc7)c6)n5)c4)cc3)c([2H])c([2H])c21. The Hall–Kier alpha value is -7.23. The van der Waals surface area contributed by atoms with Gasteiger partial charge >= 0.3 is 0 Å². The van der Waals surface area contributed by atoms with Gasteiger partial charge in [0.05, 0.1) is 15.1 Å². The zero-order valence-corrected chi connectivity index (χ0v) is 28.5. The first-order valence-corrected chi connectivity index (χ1v) is 17.4. The van der Waals surface area contributed by atoms with E-state index in [1.807, 2.05) is 97.1 Å². The molecule has 3 heteroatoms. The lowest BCUT2D eigenvalue weighted by Crippen LogP contribution is -2.00. The van der Waals surface area contributed by atoms with Crippen molar-refractivity contribution in [2.24, 2.45) is 0 Å². The third-order valence-electron chi connectivity index (χ3n) is 9.46. The van der Waals surface area contributed by atoms with E-state index in [-0.39, 0.29) is 50.0 Å². The Bertz CT molecular complexity index is 3560. The van der Waals surface area contributed by atoms with Crippen LogP contribution in [0.5, 0.6) is 0 Å². The molecule has 0 N–H and O–H groups in total. The molecule has 10 rings (SSSR count). The summed E-state index contributed by atoms with van der Waals surface area (Å²) in [6, 6.07) is 37.1. The zero-order chi connectivity index (χ0) is 45.4. The number of nitrogens with zero attached hydrogens (tertiary/aromatic N) is 3. The highest BCUT2D eigenvalue weighted by atomic mass is 15.0. The standard InChI is InChI=1S/C51H33N3/c1-3-13-34(14-4-1)38-17-11-19-41(31-38)50-52-49(37-15-5-2-6-16-37)53-51(54-50)42-20-12-18-39(32-42)35-25-27-36(28-26-35)40-29-30-47-45-23-8-7-21-43(45)44-22-9-10-24-46(44)48(47)33-40/h1-33H/i7D,8D,9D,10D,21D,22D,23D,24D,29D,30D,33D. The molecule has 0 fully saturated rings. The van der Waals surface area contributed by atoms with E-state index in [0.29, 0.717) is 23.0 Å². The molecule has 0 saturated carbocycles. The fourth-order valence-electron chi connectivity index (χ4n) is 6.79. The summed E-state index contributed by atoms with van der Waals surface area (Å²) in [7, 11) is 0. The summed E-state index contributed by atoms with van der Waals surface area (Å²) in [6.07, 6.45) is 0. The lowest BCUT2D eigenvalue weighted by Gasteiger charge is -2.12. The van der Waals surface area contributed by atoms with Crippen molar-refractivity contribution in [2.75, 3.05) is 0 Å². The Morgan fingerprint density at radius 2 is 0.648 bits per heavy atom.